The zero-order valence-electron chi connectivity index (χ0n) is 17.1. The number of benzene rings is 1. The van der Waals surface area contributed by atoms with Gasteiger partial charge in [0.05, 0.1) is 15.7 Å². The van der Waals surface area contributed by atoms with E-state index < -0.39 is 0 Å². The van der Waals surface area contributed by atoms with E-state index in [9.17, 15) is 0 Å². The molecule has 0 aliphatic rings. The van der Waals surface area contributed by atoms with Crippen LogP contribution >= 0.6 is 0 Å². The van der Waals surface area contributed by atoms with Gasteiger partial charge < -0.3 is 0 Å². The first-order chi connectivity index (χ1) is 12.2. The van der Waals surface area contributed by atoms with E-state index in [4.69, 9.17) is 0 Å². The third kappa shape index (κ3) is 7.89. The van der Waals surface area contributed by atoms with E-state index in [0.717, 1.165) is 0 Å². The fraction of sp³-hybridized carbons (Fsp3) is 0.636. The van der Waals surface area contributed by atoms with E-state index in [2.05, 4.69) is 68.3 Å². The van der Waals surface area contributed by atoms with Crippen LogP contribution in [0.15, 0.2) is 30.8 Å². The fourth-order valence-corrected chi connectivity index (χ4v) is 5.74. The molecule has 142 valence electrons. The van der Waals surface area contributed by atoms with Gasteiger partial charge in [0.25, 0.3) is 0 Å². The van der Waals surface area contributed by atoms with Crippen LogP contribution in [0.25, 0.3) is 6.08 Å². The van der Waals surface area contributed by atoms with Gasteiger partial charge in [0.1, 0.15) is 0 Å². The molecule has 1 aromatic rings. The van der Waals surface area contributed by atoms with Gasteiger partial charge in [-0.25, -0.2) is 0 Å². The summed E-state index contributed by atoms with van der Waals surface area (Å²) in [4.78, 5) is 5.52. The number of rotatable bonds is 14. The standard InChI is InChI=1S/C22H40N2Si/c1-6-14-23(15-7-2)22(24(16-8-3)17-9-4)19-25-21-13-11-12-20(10-5)18-21/h10-13,18,22H,5-9,14-17,19,25H2,1-4H3. The van der Waals surface area contributed by atoms with Crippen molar-refractivity contribution in [2.75, 3.05) is 26.2 Å². The fourth-order valence-electron chi connectivity index (χ4n) is 3.74. The summed E-state index contributed by atoms with van der Waals surface area (Å²) in [5.41, 5.74) is 1.26. The zero-order valence-corrected chi connectivity index (χ0v) is 18.6. The molecule has 0 fully saturated rings. The van der Waals surface area contributed by atoms with E-state index in [1.807, 2.05) is 6.08 Å². The van der Waals surface area contributed by atoms with E-state index in [1.165, 1.54) is 63.5 Å². The van der Waals surface area contributed by atoms with Crippen LogP contribution in [-0.4, -0.2) is 51.7 Å². The van der Waals surface area contributed by atoms with Crippen molar-refractivity contribution in [3.8, 4) is 0 Å². The minimum atomic E-state index is -0.274. The Kier molecular flexibility index (Phi) is 11.8. The lowest BCUT2D eigenvalue weighted by atomic mass is 10.2. The third-order valence-electron chi connectivity index (χ3n) is 4.76. The Balaban J connectivity index is 2.91. The topological polar surface area (TPSA) is 6.48 Å². The molecule has 1 rings (SSSR count). The number of nitrogens with zero attached hydrogens (tertiary/aromatic N) is 2. The smallest absolute Gasteiger partial charge is 0.0596 e. The van der Waals surface area contributed by atoms with Crippen LogP contribution in [0, 0.1) is 0 Å². The van der Waals surface area contributed by atoms with Crippen LogP contribution in [0.2, 0.25) is 6.04 Å². The molecule has 0 N–H and O–H groups in total. The van der Waals surface area contributed by atoms with Gasteiger partial charge in [0, 0.05) is 0 Å². The molecular weight excluding hydrogens is 320 g/mol. The van der Waals surface area contributed by atoms with Crippen LogP contribution in [0.5, 0.6) is 0 Å². The van der Waals surface area contributed by atoms with Crippen molar-refractivity contribution in [2.45, 2.75) is 65.6 Å². The van der Waals surface area contributed by atoms with Gasteiger partial charge in [-0.2, -0.15) is 0 Å². The lowest BCUT2D eigenvalue weighted by molar-refractivity contribution is 0.0544. The van der Waals surface area contributed by atoms with Gasteiger partial charge in [0.2, 0.25) is 0 Å². The van der Waals surface area contributed by atoms with Gasteiger partial charge >= 0.3 is 0 Å². The molecule has 0 saturated carbocycles. The minimum Gasteiger partial charge on any atom is -0.288 e. The first-order valence-electron chi connectivity index (χ1n) is 10.4. The molecule has 3 heteroatoms. The molecule has 25 heavy (non-hydrogen) atoms. The summed E-state index contributed by atoms with van der Waals surface area (Å²) in [5, 5.41) is 1.57. The van der Waals surface area contributed by atoms with Crippen molar-refractivity contribution in [2.24, 2.45) is 0 Å². The Labute approximate surface area is 159 Å². The molecule has 1 aromatic carbocycles. The highest BCUT2D eigenvalue weighted by molar-refractivity contribution is 6.53. The molecule has 0 amide bonds. The zero-order chi connectivity index (χ0) is 18.5. The highest BCUT2D eigenvalue weighted by Gasteiger charge is 2.23. The maximum atomic E-state index is 3.92. The van der Waals surface area contributed by atoms with Crippen LogP contribution in [0.4, 0.5) is 0 Å². The Morgan fingerprint density at radius 2 is 1.44 bits per heavy atom. The SMILES string of the molecule is C=Cc1cccc([SiH2]CC(N(CCC)CCC)N(CCC)CCC)c1. The van der Waals surface area contributed by atoms with Crippen molar-refractivity contribution in [3.05, 3.63) is 36.4 Å². The summed E-state index contributed by atoms with van der Waals surface area (Å²) in [7, 11) is -0.274. The predicted molar refractivity (Wildman–Crippen MR) is 118 cm³/mol. The maximum absolute atomic E-state index is 3.92. The Bertz CT molecular complexity index is 447. The van der Waals surface area contributed by atoms with Crippen LogP contribution in [0.3, 0.4) is 0 Å². The van der Waals surface area contributed by atoms with E-state index in [-0.39, 0.29) is 9.52 Å². The average Bonchev–Trinajstić information content (AvgIpc) is 2.62. The highest BCUT2D eigenvalue weighted by atomic mass is 28.2. The van der Waals surface area contributed by atoms with Crippen LogP contribution in [-0.2, 0) is 0 Å². The second-order valence-corrected chi connectivity index (χ2v) is 8.93. The van der Waals surface area contributed by atoms with Gasteiger partial charge in [-0.15, -0.1) is 0 Å². The van der Waals surface area contributed by atoms with Gasteiger partial charge in [-0.05, 0) is 63.5 Å². The molecule has 0 saturated heterocycles. The molecule has 0 spiro atoms. The largest absolute Gasteiger partial charge is 0.288 e. The van der Waals surface area contributed by atoms with E-state index in [0.29, 0.717) is 6.17 Å². The highest BCUT2D eigenvalue weighted by Crippen LogP contribution is 2.14. The molecule has 0 aliphatic heterocycles. The van der Waals surface area contributed by atoms with Crippen molar-refractivity contribution >= 4 is 20.8 Å². The molecule has 0 radical (unpaired) electrons. The average molecular weight is 361 g/mol. The van der Waals surface area contributed by atoms with Crippen molar-refractivity contribution in [1.82, 2.24) is 9.80 Å². The second kappa shape index (κ2) is 13.3. The summed E-state index contributed by atoms with van der Waals surface area (Å²) >= 11 is 0. The predicted octanol–water partition coefficient (Wildman–Crippen LogP) is 4.11. The summed E-state index contributed by atoms with van der Waals surface area (Å²) in [6.07, 6.45) is 7.58. The van der Waals surface area contributed by atoms with E-state index >= 15 is 0 Å². The number of hydrogen-bond acceptors (Lipinski definition) is 2. The Hall–Kier alpha value is -0.903. The van der Waals surface area contributed by atoms with Gasteiger partial charge in [-0.3, -0.25) is 9.80 Å². The molecular formula is C22H40N2Si. The van der Waals surface area contributed by atoms with Gasteiger partial charge in [-0.1, -0.05) is 69.8 Å². The number of hydrogen-bond donors (Lipinski definition) is 0. The van der Waals surface area contributed by atoms with Crippen LogP contribution < -0.4 is 5.19 Å². The lowest BCUT2D eigenvalue weighted by Gasteiger charge is -2.40. The normalized spacial score (nSPS) is 12.1. The third-order valence-corrected chi connectivity index (χ3v) is 6.59. The maximum Gasteiger partial charge on any atom is 0.0596 e. The van der Waals surface area contributed by atoms with Gasteiger partial charge in [0.15, 0.2) is 0 Å². The lowest BCUT2D eigenvalue weighted by Crippen LogP contribution is -2.50. The van der Waals surface area contributed by atoms with Crippen molar-refractivity contribution in [3.63, 3.8) is 0 Å². The Morgan fingerprint density at radius 1 is 0.920 bits per heavy atom. The second-order valence-electron chi connectivity index (χ2n) is 7.04. The summed E-state index contributed by atoms with van der Waals surface area (Å²) in [5.74, 6) is 0. The Morgan fingerprint density at radius 3 is 1.88 bits per heavy atom. The summed E-state index contributed by atoms with van der Waals surface area (Å²) in [6.45, 7) is 18.1. The summed E-state index contributed by atoms with van der Waals surface area (Å²) in [6, 6.07) is 10.4. The van der Waals surface area contributed by atoms with Crippen molar-refractivity contribution in [1.29, 1.82) is 0 Å². The molecule has 2 nitrogen and oxygen atoms in total. The van der Waals surface area contributed by atoms with E-state index in [1.54, 1.807) is 5.19 Å². The first kappa shape index (κ1) is 22.1. The minimum absolute atomic E-state index is 0.274. The monoisotopic (exact) mass is 360 g/mol. The summed E-state index contributed by atoms with van der Waals surface area (Å²) < 4.78 is 0. The van der Waals surface area contributed by atoms with Crippen molar-refractivity contribution < 1.29 is 0 Å². The quantitative estimate of drug-likeness (QED) is 0.364. The van der Waals surface area contributed by atoms with Crippen LogP contribution in [0.1, 0.15) is 58.9 Å². The first-order valence-corrected chi connectivity index (χ1v) is 12.1. The molecule has 0 heterocycles. The molecule has 0 unspecified atom stereocenters. The molecule has 0 atom stereocenters. The molecule has 0 aromatic heterocycles. The molecule has 0 aliphatic carbocycles. The molecule has 0 bridgehead atoms.